The maximum atomic E-state index is 11.1. The predicted molar refractivity (Wildman–Crippen MR) is 72.1 cm³/mol. The molecule has 2 unspecified atom stereocenters. The summed E-state index contributed by atoms with van der Waals surface area (Å²) < 4.78 is 0.115. The minimum Gasteiger partial charge on any atom is -0.327 e. The molecule has 0 fully saturated rings. The Kier molecular flexibility index (Phi) is 17.3. The van der Waals surface area contributed by atoms with Gasteiger partial charge in [0.05, 0.1) is 0 Å². The van der Waals surface area contributed by atoms with E-state index in [2.05, 4.69) is 0 Å². The normalized spacial score (nSPS) is 13.4. The molecule has 88 valence electrons. The second-order valence-corrected chi connectivity index (χ2v) is 5.07. The van der Waals surface area contributed by atoms with Gasteiger partial charge in [0.15, 0.2) is 0 Å². The summed E-state index contributed by atoms with van der Waals surface area (Å²) in [6.07, 6.45) is 0. The summed E-state index contributed by atoms with van der Waals surface area (Å²) in [6, 6.07) is 0.157. The molecule has 0 rings (SSSR count). The van der Waals surface area contributed by atoms with E-state index in [1.165, 1.54) is 23.5 Å². The first-order valence-corrected chi connectivity index (χ1v) is 5.80. The van der Waals surface area contributed by atoms with Gasteiger partial charge in [0.1, 0.15) is 0 Å². The van der Waals surface area contributed by atoms with E-state index < -0.39 is 0 Å². The summed E-state index contributed by atoms with van der Waals surface area (Å²) in [5.41, 5.74) is 11.0. The van der Waals surface area contributed by atoms with Gasteiger partial charge in [-0.1, -0.05) is 23.5 Å². The molecule has 0 aliphatic heterocycles. The quantitative estimate of drug-likeness (QED) is 0.826. The lowest BCUT2D eigenvalue weighted by molar-refractivity contribution is 0.276. The Hall–Kier alpha value is 0.870. The van der Waals surface area contributed by atoms with E-state index in [0.717, 1.165) is 0 Å². The molecular weight excluding hydrogens is 263 g/mol. The fourth-order valence-electron chi connectivity index (χ4n) is 0.441. The largest absolute Gasteiger partial charge is 0.327 e. The third-order valence-electron chi connectivity index (χ3n) is 0.928. The first-order valence-electron chi connectivity index (χ1n) is 3.83. The van der Waals surface area contributed by atoms with Gasteiger partial charge in [0, 0.05) is 23.6 Å². The maximum Gasteiger partial charge on any atom is 0.246 e. The molecule has 0 bridgehead atoms. The van der Waals surface area contributed by atoms with Crippen molar-refractivity contribution in [3.8, 4) is 0 Å². The van der Waals surface area contributed by atoms with Crippen molar-refractivity contribution in [2.45, 2.75) is 25.9 Å². The van der Waals surface area contributed by atoms with Gasteiger partial charge in [-0.25, -0.2) is 0 Å². The lowest BCUT2D eigenvalue weighted by Gasteiger charge is -2.04. The average molecular weight is 281 g/mol. The third-order valence-corrected chi connectivity index (χ3v) is 3.49. The molecule has 3 nitrogen and oxygen atoms in total. The zero-order chi connectivity index (χ0) is 9.56. The smallest absolute Gasteiger partial charge is 0.246 e. The highest BCUT2D eigenvalue weighted by Crippen LogP contribution is 2.17. The zero-order valence-corrected chi connectivity index (χ0v) is 11.5. The van der Waals surface area contributed by atoms with Crippen LogP contribution in [-0.4, -0.2) is 28.0 Å². The molecule has 2 atom stereocenters. The van der Waals surface area contributed by atoms with Crippen LogP contribution in [-0.2, 0) is 0 Å². The van der Waals surface area contributed by atoms with Crippen LogP contribution in [0.1, 0.15) is 13.8 Å². The van der Waals surface area contributed by atoms with Crippen LogP contribution in [0.3, 0.4) is 0 Å². The van der Waals surface area contributed by atoms with Crippen molar-refractivity contribution in [3.63, 3.8) is 0 Å². The molecule has 0 spiro atoms. The number of hydrogen-bond donors (Lipinski definition) is 2. The number of thioether (sulfide) groups is 2. The fourth-order valence-corrected chi connectivity index (χ4v) is 1.98. The second-order valence-electron chi connectivity index (χ2n) is 2.83. The highest BCUT2D eigenvalue weighted by atomic mass is 35.5. The standard InChI is InChI=1S/C7H16N2OS2.2ClH/c1-5(8)3-11-7(10)12-4-6(2)9;;/h5-6H,3-4,8-9H2,1-2H3;2*1H. The van der Waals surface area contributed by atoms with Gasteiger partial charge >= 0.3 is 0 Å². The minimum absolute atomic E-state index is 0. The maximum absolute atomic E-state index is 11.1. The van der Waals surface area contributed by atoms with E-state index in [1.54, 1.807) is 0 Å². The van der Waals surface area contributed by atoms with E-state index in [1.807, 2.05) is 13.8 Å². The highest BCUT2D eigenvalue weighted by Gasteiger charge is 2.06. The van der Waals surface area contributed by atoms with E-state index in [0.29, 0.717) is 11.5 Å². The van der Waals surface area contributed by atoms with Gasteiger partial charge in [-0.2, -0.15) is 0 Å². The van der Waals surface area contributed by atoms with Crippen LogP contribution in [0.2, 0.25) is 0 Å². The molecule has 14 heavy (non-hydrogen) atoms. The van der Waals surface area contributed by atoms with Crippen molar-refractivity contribution >= 4 is 52.8 Å². The molecule has 0 aromatic rings. The van der Waals surface area contributed by atoms with Crippen molar-refractivity contribution in [2.75, 3.05) is 11.5 Å². The van der Waals surface area contributed by atoms with Crippen LogP contribution in [0, 0.1) is 0 Å². The van der Waals surface area contributed by atoms with Gasteiger partial charge in [0.25, 0.3) is 0 Å². The topological polar surface area (TPSA) is 69.1 Å². The van der Waals surface area contributed by atoms with E-state index in [4.69, 9.17) is 11.5 Å². The molecule has 0 radical (unpaired) electrons. The Labute approximate surface area is 106 Å². The minimum atomic E-state index is 0. The van der Waals surface area contributed by atoms with Crippen molar-refractivity contribution in [2.24, 2.45) is 11.5 Å². The molecule has 0 aliphatic carbocycles. The molecule has 0 heterocycles. The number of rotatable bonds is 4. The molecule has 4 N–H and O–H groups in total. The van der Waals surface area contributed by atoms with Crippen LogP contribution in [0.4, 0.5) is 4.79 Å². The summed E-state index contributed by atoms with van der Waals surface area (Å²) in [7, 11) is 0. The van der Waals surface area contributed by atoms with Gasteiger partial charge in [-0.15, -0.1) is 24.8 Å². The summed E-state index contributed by atoms with van der Waals surface area (Å²) >= 11 is 2.54. The lowest BCUT2D eigenvalue weighted by Crippen LogP contribution is -2.19. The Morgan fingerprint density at radius 2 is 1.36 bits per heavy atom. The van der Waals surface area contributed by atoms with Crippen molar-refractivity contribution in [1.82, 2.24) is 0 Å². The molecule has 0 aliphatic rings. The van der Waals surface area contributed by atoms with Gasteiger partial charge in [-0.05, 0) is 13.8 Å². The number of hydrogen-bond acceptors (Lipinski definition) is 5. The molecule has 7 heteroatoms. The fraction of sp³-hybridized carbons (Fsp3) is 0.857. The van der Waals surface area contributed by atoms with Gasteiger partial charge in [-0.3, -0.25) is 4.79 Å². The summed E-state index contributed by atoms with van der Waals surface area (Å²) in [6.45, 7) is 3.77. The Morgan fingerprint density at radius 3 is 1.57 bits per heavy atom. The third kappa shape index (κ3) is 15.3. The monoisotopic (exact) mass is 280 g/mol. The lowest BCUT2D eigenvalue weighted by atomic mass is 10.4. The number of nitrogens with two attached hydrogens (primary N) is 2. The Balaban J connectivity index is -0.000000605. The van der Waals surface area contributed by atoms with Gasteiger partial charge in [0.2, 0.25) is 4.45 Å². The molecule has 0 aromatic heterocycles. The first kappa shape index (κ1) is 20.3. The van der Waals surface area contributed by atoms with Crippen LogP contribution >= 0.6 is 48.3 Å². The predicted octanol–water partition coefficient (Wildman–Crippen LogP) is 2.11. The summed E-state index contributed by atoms with van der Waals surface area (Å²) in [5, 5.41) is 0. The molecule has 0 aromatic carbocycles. The van der Waals surface area contributed by atoms with E-state index >= 15 is 0 Å². The summed E-state index contributed by atoms with van der Waals surface area (Å²) in [4.78, 5) is 11.1. The van der Waals surface area contributed by atoms with Crippen molar-refractivity contribution in [1.29, 1.82) is 0 Å². The molecular formula is C7H18Cl2N2OS2. The molecule has 0 saturated carbocycles. The molecule has 0 saturated heterocycles. The summed E-state index contributed by atoms with van der Waals surface area (Å²) in [5.74, 6) is 1.37. The van der Waals surface area contributed by atoms with Crippen molar-refractivity contribution in [3.05, 3.63) is 0 Å². The second kappa shape index (κ2) is 11.9. The highest BCUT2D eigenvalue weighted by molar-refractivity contribution is 8.38. The Bertz CT molecular complexity index is 134. The number of halogens is 2. The van der Waals surface area contributed by atoms with Crippen LogP contribution < -0.4 is 11.5 Å². The van der Waals surface area contributed by atoms with Crippen molar-refractivity contribution < 1.29 is 4.79 Å². The molecule has 0 amide bonds. The van der Waals surface area contributed by atoms with Gasteiger partial charge < -0.3 is 11.5 Å². The number of carbonyl (C=O) groups is 1. The first-order chi connectivity index (χ1) is 5.52. The van der Waals surface area contributed by atoms with E-state index in [9.17, 15) is 4.79 Å². The average Bonchev–Trinajstić information content (AvgIpc) is 1.96. The zero-order valence-electron chi connectivity index (χ0n) is 8.26. The van der Waals surface area contributed by atoms with Crippen LogP contribution in [0.15, 0.2) is 0 Å². The van der Waals surface area contributed by atoms with E-state index in [-0.39, 0.29) is 41.3 Å². The Morgan fingerprint density at radius 1 is 1.07 bits per heavy atom. The SMILES string of the molecule is CC(N)CSC(=O)SCC(C)N.Cl.Cl. The van der Waals surface area contributed by atoms with Crippen LogP contribution in [0.5, 0.6) is 0 Å². The van der Waals surface area contributed by atoms with Crippen LogP contribution in [0.25, 0.3) is 0 Å². The number of carbonyl (C=O) groups excluding carboxylic acids is 1.